The number of nitrogens with one attached hydrogen (secondary N) is 1. The van der Waals surface area contributed by atoms with Crippen LogP contribution in [0.4, 0.5) is 11.5 Å². The summed E-state index contributed by atoms with van der Waals surface area (Å²) >= 11 is 1.11. The smallest absolute Gasteiger partial charge is 0.337 e. The molecule has 2 aromatic rings. The van der Waals surface area contributed by atoms with E-state index < -0.39 is 16.0 Å². The van der Waals surface area contributed by atoms with Crippen molar-refractivity contribution >= 4 is 38.8 Å². The molecule has 162 valence electrons. The van der Waals surface area contributed by atoms with Gasteiger partial charge in [-0.2, -0.15) is 0 Å². The first kappa shape index (κ1) is 21.1. The molecule has 4 rings (SSSR count). The highest BCUT2D eigenvalue weighted by Gasteiger charge is 2.27. The van der Waals surface area contributed by atoms with Crippen molar-refractivity contribution in [3.63, 3.8) is 0 Å². The van der Waals surface area contributed by atoms with Crippen molar-refractivity contribution in [2.24, 2.45) is 5.92 Å². The Balaban J connectivity index is 1.59. The summed E-state index contributed by atoms with van der Waals surface area (Å²) in [6.07, 6.45) is 5.94. The second kappa shape index (κ2) is 8.91. The fourth-order valence-electron chi connectivity index (χ4n) is 4.25. The topological polar surface area (TPSA) is 103 Å². The Kier molecular flexibility index (Phi) is 6.26. The van der Waals surface area contributed by atoms with Gasteiger partial charge in [0, 0.05) is 25.8 Å². The van der Waals surface area contributed by atoms with Crippen molar-refractivity contribution < 1.29 is 18.3 Å². The molecule has 0 amide bonds. The average Bonchev–Trinajstić information content (AvgIpc) is 3.42. The van der Waals surface area contributed by atoms with Gasteiger partial charge in [-0.05, 0) is 62.2 Å². The molecule has 0 spiro atoms. The summed E-state index contributed by atoms with van der Waals surface area (Å²) in [4.78, 5) is 20.4. The predicted octanol–water partition coefficient (Wildman–Crippen LogP) is 2.95. The first-order valence-corrected chi connectivity index (χ1v) is 12.6. The number of sulfonamides is 1. The zero-order valence-electron chi connectivity index (χ0n) is 16.7. The van der Waals surface area contributed by atoms with Crippen LogP contribution in [-0.4, -0.2) is 62.1 Å². The van der Waals surface area contributed by atoms with Gasteiger partial charge in [0.25, 0.3) is 10.0 Å². The van der Waals surface area contributed by atoms with Crippen molar-refractivity contribution in [1.82, 2.24) is 9.88 Å². The fourth-order valence-corrected chi connectivity index (χ4v) is 6.29. The number of likely N-dealkylation sites (tertiary alicyclic amines) is 1. The summed E-state index contributed by atoms with van der Waals surface area (Å²) < 4.78 is 28.3. The summed E-state index contributed by atoms with van der Waals surface area (Å²) in [5.74, 6) is -0.165. The standard InChI is InChI=1S/C20H26N4O4S2/c25-20(26)16-11-17(22-30(27,28)18-6-4-10-29-18)19(21-12-16)24-9-3-5-15(14-24)13-23-7-1-2-8-23/h4,6,10-12,15,22H,1-3,5,7-9,13-14H2,(H,25,26)/t15-/m1/s1. The van der Waals surface area contributed by atoms with Crippen molar-refractivity contribution in [2.45, 2.75) is 29.9 Å². The van der Waals surface area contributed by atoms with E-state index in [1.54, 1.807) is 11.4 Å². The number of hydrogen-bond acceptors (Lipinski definition) is 7. The molecular formula is C20H26N4O4S2. The van der Waals surface area contributed by atoms with Gasteiger partial charge in [0.1, 0.15) is 4.21 Å². The molecule has 0 bridgehead atoms. The van der Waals surface area contributed by atoms with Crippen molar-refractivity contribution in [2.75, 3.05) is 42.3 Å². The number of aromatic nitrogens is 1. The first-order valence-electron chi connectivity index (χ1n) is 10.2. The van der Waals surface area contributed by atoms with E-state index in [2.05, 4.69) is 19.5 Å². The van der Waals surface area contributed by atoms with E-state index in [4.69, 9.17) is 0 Å². The molecule has 1 atom stereocenters. The number of carboxylic acid groups (broad SMARTS) is 1. The second-order valence-electron chi connectivity index (χ2n) is 7.90. The number of thiophene rings is 1. The van der Waals surface area contributed by atoms with E-state index in [0.29, 0.717) is 11.7 Å². The Hall–Kier alpha value is -2.17. The molecule has 10 heteroatoms. The molecule has 4 heterocycles. The molecule has 0 saturated carbocycles. The third-order valence-electron chi connectivity index (χ3n) is 5.65. The maximum atomic E-state index is 12.8. The first-order chi connectivity index (χ1) is 14.4. The molecule has 30 heavy (non-hydrogen) atoms. The van der Waals surface area contributed by atoms with Crippen LogP contribution in [0.3, 0.4) is 0 Å². The lowest BCUT2D eigenvalue weighted by atomic mass is 9.97. The summed E-state index contributed by atoms with van der Waals surface area (Å²) in [6.45, 7) is 4.88. The van der Waals surface area contributed by atoms with Crippen molar-refractivity contribution in [1.29, 1.82) is 0 Å². The highest BCUT2D eigenvalue weighted by Crippen LogP contribution is 2.31. The molecule has 0 unspecified atom stereocenters. The maximum Gasteiger partial charge on any atom is 0.337 e. The fraction of sp³-hybridized carbons (Fsp3) is 0.500. The Labute approximate surface area is 180 Å². The lowest BCUT2D eigenvalue weighted by molar-refractivity contribution is 0.0696. The summed E-state index contributed by atoms with van der Waals surface area (Å²) in [5, 5.41) is 11.0. The van der Waals surface area contributed by atoms with Crippen LogP contribution in [-0.2, 0) is 10.0 Å². The van der Waals surface area contributed by atoms with Gasteiger partial charge < -0.3 is 14.9 Å². The van der Waals surface area contributed by atoms with Gasteiger partial charge in [-0.15, -0.1) is 11.3 Å². The highest BCUT2D eigenvalue weighted by atomic mass is 32.2. The molecular weight excluding hydrogens is 424 g/mol. The minimum absolute atomic E-state index is 0.0479. The summed E-state index contributed by atoms with van der Waals surface area (Å²) in [5.41, 5.74) is 0.165. The van der Waals surface area contributed by atoms with E-state index in [0.717, 1.165) is 56.9 Å². The molecule has 2 saturated heterocycles. The van der Waals surface area contributed by atoms with Gasteiger partial charge in [0.05, 0.1) is 11.3 Å². The number of piperidine rings is 1. The number of aromatic carboxylic acids is 1. The molecule has 0 radical (unpaired) electrons. The number of hydrogen-bond donors (Lipinski definition) is 2. The molecule has 0 aromatic carbocycles. The van der Waals surface area contributed by atoms with Crippen LogP contribution >= 0.6 is 11.3 Å². The van der Waals surface area contributed by atoms with Crippen LogP contribution in [0.1, 0.15) is 36.0 Å². The number of pyridine rings is 1. The SMILES string of the molecule is O=C(O)c1cnc(N2CCC[C@H](CN3CCCC3)C2)c(NS(=O)(=O)c2cccs2)c1. The average molecular weight is 451 g/mol. The monoisotopic (exact) mass is 450 g/mol. The minimum Gasteiger partial charge on any atom is -0.478 e. The highest BCUT2D eigenvalue weighted by molar-refractivity contribution is 7.94. The number of rotatable bonds is 7. The van der Waals surface area contributed by atoms with Crippen LogP contribution in [0.25, 0.3) is 0 Å². The Morgan fingerprint density at radius 3 is 2.77 bits per heavy atom. The van der Waals surface area contributed by atoms with Gasteiger partial charge in [-0.1, -0.05) is 6.07 Å². The molecule has 0 aliphatic carbocycles. The van der Waals surface area contributed by atoms with Gasteiger partial charge in [-0.3, -0.25) is 4.72 Å². The van der Waals surface area contributed by atoms with E-state index in [1.807, 2.05) is 0 Å². The van der Waals surface area contributed by atoms with Crippen LogP contribution in [0.2, 0.25) is 0 Å². The molecule has 2 aliphatic rings. The largest absolute Gasteiger partial charge is 0.478 e. The van der Waals surface area contributed by atoms with Crippen LogP contribution in [0.15, 0.2) is 34.0 Å². The molecule has 2 aliphatic heterocycles. The van der Waals surface area contributed by atoms with Gasteiger partial charge >= 0.3 is 5.97 Å². The molecule has 2 N–H and O–H groups in total. The van der Waals surface area contributed by atoms with E-state index in [9.17, 15) is 18.3 Å². The number of carbonyl (C=O) groups is 1. The van der Waals surface area contributed by atoms with Gasteiger partial charge in [0.2, 0.25) is 0 Å². The Morgan fingerprint density at radius 1 is 1.27 bits per heavy atom. The lowest BCUT2D eigenvalue weighted by Crippen LogP contribution is -2.41. The number of carboxylic acids is 1. The zero-order chi connectivity index (χ0) is 21.1. The Morgan fingerprint density at radius 2 is 2.07 bits per heavy atom. The molecule has 2 fully saturated rings. The normalized spacial score (nSPS) is 20.4. The summed E-state index contributed by atoms with van der Waals surface area (Å²) in [6, 6.07) is 4.55. The van der Waals surface area contributed by atoms with Crippen LogP contribution in [0.5, 0.6) is 0 Å². The van der Waals surface area contributed by atoms with Crippen LogP contribution in [0, 0.1) is 5.92 Å². The zero-order valence-corrected chi connectivity index (χ0v) is 18.3. The molecule has 8 nitrogen and oxygen atoms in total. The van der Waals surface area contributed by atoms with E-state index in [1.165, 1.54) is 31.2 Å². The van der Waals surface area contributed by atoms with Gasteiger partial charge in [0.15, 0.2) is 5.82 Å². The van der Waals surface area contributed by atoms with Crippen molar-refractivity contribution in [3.05, 3.63) is 35.3 Å². The Bertz CT molecular complexity index is 988. The van der Waals surface area contributed by atoms with Crippen molar-refractivity contribution in [3.8, 4) is 0 Å². The summed E-state index contributed by atoms with van der Waals surface area (Å²) in [7, 11) is -3.81. The third kappa shape index (κ3) is 4.76. The van der Waals surface area contributed by atoms with Gasteiger partial charge in [-0.25, -0.2) is 18.2 Å². The maximum absolute atomic E-state index is 12.8. The third-order valence-corrected chi connectivity index (χ3v) is 8.41. The molecule has 2 aromatic heterocycles. The number of nitrogens with zero attached hydrogens (tertiary/aromatic N) is 3. The second-order valence-corrected chi connectivity index (χ2v) is 10.8. The quantitative estimate of drug-likeness (QED) is 0.668. The predicted molar refractivity (Wildman–Crippen MR) is 117 cm³/mol. The van der Waals surface area contributed by atoms with E-state index >= 15 is 0 Å². The lowest BCUT2D eigenvalue weighted by Gasteiger charge is -2.36. The number of anilines is 2. The van der Waals surface area contributed by atoms with Crippen LogP contribution < -0.4 is 9.62 Å². The minimum atomic E-state index is -3.81. The van der Waals surface area contributed by atoms with E-state index in [-0.39, 0.29) is 15.5 Å².